The molecule has 0 aliphatic heterocycles. The molecule has 1 aliphatic carbocycles. The third-order valence-corrected chi connectivity index (χ3v) is 3.10. The lowest BCUT2D eigenvalue weighted by Gasteiger charge is -2.07. The maximum atomic E-state index is 8.98. The maximum absolute atomic E-state index is 8.98. The average Bonchev–Trinajstić information content (AvgIpc) is 2.90. The van der Waals surface area contributed by atoms with Crippen LogP contribution < -0.4 is 0 Å². The fourth-order valence-electron chi connectivity index (χ4n) is 1.48. The molecular formula is C11H10ClN. The Hall–Kier alpha value is -1.00. The first-order valence-corrected chi connectivity index (χ1v) is 4.74. The van der Waals surface area contributed by atoms with Crippen LogP contribution in [0.2, 0.25) is 5.02 Å². The van der Waals surface area contributed by atoms with E-state index >= 15 is 0 Å². The lowest BCUT2D eigenvalue weighted by atomic mass is 9.97. The van der Waals surface area contributed by atoms with Gasteiger partial charge in [-0.05, 0) is 37.0 Å². The highest BCUT2D eigenvalue weighted by atomic mass is 35.5. The molecule has 2 rings (SSSR count). The summed E-state index contributed by atoms with van der Waals surface area (Å²) in [4.78, 5) is 0. The van der Waals surface area contributed by atoms with Gasteiger partial charge in [0.1, 0.15) is 0 Å². The molecule has 0 radical (unpaired) electrons. The number of hydrogen-bond donors (Lipinski definition) is 0. The second-order valence-electron chi connectivity index (χ2n) is 3.66. The fourth-order valence-corrected chi connectivity index (χ4v) is 1.66. The zero-order chi connectivity index (χ0) is 9.47. The molecule has 0 unspecified atom stereocenters. The molecule has 0 amide bonds. The van der Waals surface area contributed by atoms with Crippen LogP contribution in [0.25, 0.3) is 0 Å². The van der Waals surface area contributed by atoms with Crippen molar-refractivity contribution in [1.29, 1.82) is 5.26 Å². The van der Waals surface area contributed by atoms with Gasteiger partial charge in [0.2, 0.25) is 0 Å². The van der Waals surface area contributed by atoms with Crippen LogP contribution in [0.1, 0.15) is 24.0 Å². The van der Waals surface area contributed by atoms with Crippen molar-refractivity contribution in [2.24, 2.45) is 0 Å². The van der Waals surface area contributed by atoms with Gasteiger partial charge in [0, 0.05) is 5.02 Å². The van der Waals surface area contributed by atoms with Gasteiger partial charge in [-0.1, -0.05) is 23.7 Å². The van der Waals surface area contributed by atoms with E-state index in [-0.39, 0.29) is 5.41 Å². The van der Waals surface area contributed by atoms with Crippen molar-refractivity contribution in [2.75, 3.05) is 0 Å². The molecule has 0 saturated heterocycles. The first-order valence-electron chi connectivity index (χ1n) is 4.36. The van der Waals surface area contributed by atoms with Gasteiger partial charge in [-0.2, -0.15) is 5.26 Å². The van der Waals surface area contributed by atoms with Crippen LogP contribution in [0.5, 0.6) is 0 Å². The first kappa shape index (κ1) is 8.59. The van der Waals surface area contributed by atoms with E-state index in [1.165, 1.54) is 0 Å². The minimum atomic E-state index is -0.211. The number of hydrogen-bond acceptors (Lipinski definition) is 1. The zero-order valence-corrected chi connectivity index (χ0v) is 8.23. The molecule has 0 heterocycles. The predicted molar refractivity (Wildman–Crippen MR) is 52.7 cm³/mol. The van der Waals surface area contributed by atoms with Crippen molar-refractivity contribution >= 4 is 11.6 Å². The Morgan fingerprint density at radius 2 is 2.15 bits per heavy atom. The highest BCUT2D eigenvalue weighted by molar-refractivity contribution is 6.31. The molecule has 2 heteroatoms. The Labute approximate surface area is 82.9 Å². The monoisotopic (exact) mass is 191 g/mol. The molecule has 13 heavy (non-hydrogen) atoms. The molecule has 1 aromatic rings. The second-order valence-corrected chi connectivity index (χ2v) is 4.07. The van der Waals surface area contributed by atoms with E-state index in [2.05, 4.69) is 6.07 Å². The summed E-state index contributed by atoms with van der Waals surface area (Å²) in [5.41, 5.74) is 1.93. The summed E-state index contributed by atoms with van der Waals surface area (Å²) in [6, 6.07) is 8.27. The zero-order valence-electron chi connectivity index (χ0n) is 7.47. The maximum Gasteiger partial charge on any atom is 0.0824 e. The summed E-state index contributed by atoms with van der Waals surface area (Å²) < 4.78 is 0. The van der Waals surface area contributed by atoms with E-state index in [4.69, 9.17) is 16.9 Å². The van der Waals surface area contributed by atoms with Crippen LogP contribution in [0, 0.1) is 18.3 Å². The topological polar surface area (TPSA) is 23.8 Å². The van der Waals surface area contributed by atoms with Crippen LogP contribution in [0.15, 0.2) is 18.2 Å². The molecule has 0 N–H and O–H groups in total. The van der Waals surface area contributed by atoms with Crippen LogP contribution >= 0.6 is 11.6 Å². The molecule has 1 aromatic carbocycles. The van der Waals surface area contributed by atoms with Gasteiger partial charge in [0.15, 0.2) is 0 Å². The van der Waals surface area contributed by atoms with Crippen molar-refractivity contribution in [3.05, 3.63) is 34.3 Å². The van der Waals surface area contributed by atoms with E-state index < -0.39 is 0 Å². The predicted octanol–water partition coefficient (Wildman–Crippen LogP) is 3.20. The Bertz CT molecular complexity index is 386. The Morgan fingerprint density at radius 1 is 1.46 bits per heavy atom. The summed E-state index contributed by atoms with van der Waals surface area (Å²) in [5.74, 6) is 0. The Morgan fingerprint density at radius 3 is 2.62 bits per heavy atom. The highest BCUT2D eigenvalue weighted by Crippen LogP contribution is 2.48. The van der Waals surface area contributed by atoms with E-state index in [1.807, 2.05) is 25.1 Å². The van der Waals surface area contributed by atoms with Gasteiger partial charge < -0.3 is 0 Å². The van der Waals surface area contributed by atoms with Crippen molar-refractivity contribution in [3.8, 4) is 6.07 Å². The molecule has 1 nitrogen and oxygen atoms in total. The largest absolute Gasteiger partial charge is 0.197 e. The quantitative estimate of drug-likeness (QED) is 0.669. The fraction of sp³-hybridized carbons (Fsp3) is 0.364. The van der Waals surface area contributed by atoms with Crippen molar-refractivity contribution < 1.29 is 0 Å². The summed E-state index contributed by atoms with van der Waals surface area (Å²) in [6.07, 6.45) is 1.95. The molecule has 0 aromatic heterocycles. The van der Waals surface area contributed by atoms with Gasteiger partial charge in [-0.25, -0.2) is 0 Å². The molecular weight excluding hydrogens is 182 g/mol. The van der Waals surface area contributed by atoms with Crippen molar-refractivity contribution in [3.63, 3.8) is 0 Å². The third-order valence-electron chi connectivity index (χ3n) is 2.69. The summed E-state index contributed by atoms with van der Waals surface area (Å²) >= 11 is 6.00. The molecule has 66 valence electrons. The van der Waals surface area contributed by atoms with E-state index in [0.29, 0.717) is 0 Å². The molecule has 0 atom stereocenters. The molecule has 1 fully saturated rings. The van der Waals surface area contributed by atoms with Crippen molar-refractivity contribution in [1.82, 2.24) is 0 Å². The summed E-state index contributed by atoms with van der Waals surface area (Å²) in [5, 5.41) is 9.74. The SMILES string of the molecule is Cc1ccc(C2(C#N)CC2)cc1Cl. The van der Waals surface area contributed by atoms with Crippen molar-refractivity contribution in [2.45, 2.75) is 25.2 Å². The average molecular weight is 192 g/mol. The van der Waals surface area contributed by atoms with Crippen LogP contribution in [0.3, 0.4) is 0 Å². The van der Waals surface area contributed by atoms with Crippen LogP contribution in [-0.2, 0) is 5.41 Å². The molecule has 0 spiro atoms. The third kappa shape index (κ3) is 1.32. The van der Waals surface area contributed by atoms with E-state index in [0.717, 1.165) is 29.0 Å². The van der Waals surface area contributed by atoms with E-state index in [9.17, 15) is 0 Å². The van der Waals surface area contributed by atoms with Gasteiger partial charge in [0.25, 0.3) is 0 Å². The lowest BCUT2D eigenvalue weighted by molar-refractivity contribution is 0.907. The smallest absolute Gasteiger partial charge is 0.0824 e. The van der Waals surface area contributed by atoms with Gasteiger partial charge in [-0.3, -0.25) is 0 Å². The van der Waals surface area contributed by atoms with E-state index in [1.54, 1.807) is 0 Å². The molecule has 1 aliphatic rings. The van der Waals surface area contributed by atoms with Crippen LogP contribution in [-0.4, -0.2) is 0 Å². The molecule has 1 saturated carbocycles. The highest BCUT2D eigenvalue weighted by Gasteiger charge is 2.44. The number of halogens is 1. The molecule has 0 bridgehead atoms. The Balaban J connectivity index is 2.44. The number of nitriles is 1. The minimum absolute atomic E-state index is 0.211. The number of nitrogens with zero attached hydrogens (tertiary/aromatic N) is 1. The summed E-state index contributed by atoms with van der Waals surface area (Å²) in [6.45, 7) is 1.97. The summed E-state index contributed by atoms with van der Waals surface area (Å²) in [7, 11) is 0. The Kier molecular flexibility index (Phi) is 1.82. The number of rotatable bonds is 1. The van der Waals surface area contributed by atoms with Crippen LogP contribution in [0.4, 0.5) is 0 Å². The van der Waals surface area contributed by atoms with Gasteiger partial charge >= 0.3 is 0 Å². The minimum Gasteiger partial charge on any atom is -0.197 e. The first-order chi connectivity index (χ1) is 6.18. The van der Waals surface area contributed by atoms with Gasteiger partial charge in [0.05, 0.1) is 11.5 Å². The second kappa shape index (κ2) is 2.75. The normalized spacial score (nSPS) is 17.9. The number of benzene rings is 1. The number of aryl methyl sites for hydroxylation is 1. The standard InChI is InChI=1S/C11H10ClN/c1-8-2-3-9(6-10(8)12)11(7-13)4-5-11/h2-3,6H,4-5H2,1H3. The van der Waals surface area contributed by atoms with Gasteiger partial charge in [-0.15, -0.1) is 0 Å². The lowest BCUT2D eigenvalue weighted by Crippen LogP contribution is -2.02.